The molecule has 0 fully saturated rings. The summed E-state index contributed by atoms with van der Waals surface area (Å²) < 4.78 is 1.32. The molecule has 2 N–H and O–H groups in total. The zero-order valence-corrected chi connectivity index (χ0v) is 10.2. The number of rotatable bonds is 2. The number of fused-ring (bicyclic) bond motifs is 1. The van der Waals surface area contributed by atoms with Crippen molar-refractivity contribution in [3.8, 4) is 0 Å². The van der Waals surface area contributed by atoms with E-state index in [1.807, 2.05) is 0 Å². The molecule has 2 aromatic heterocycles. The minimum atomic E-state index is -1.55. The Kier molecular flexibility index (Phi) is 3.01. The van der Waals surface area contributed by atoms with Gasteiger partial charge >= 0.3 is 7.12 Å². The standard InChI is InChI=1S/C12H9BN4O3/c18-12(8-1-3-9(4-2-8)13(19)20)17-7-16-10-5-14-6-15-11(10)17/h1-7,19-20H. The van der Waals surface area contributed by atoms with Crippen LogP contribution in [0, 0.1) is 0 Å². The van der Waals surface area contributed by atoms with E-state index in [-0.39, 0.29) is 5.91 Å². The molecule has 0 bridgehead atoms. The zero-order chi connectivity index (χ0) is 14.1. The molecule has 0 atom stereocenters. The number of benzene rings is 1. The fraction of sp³-hybridized carbons (Fsp3) is 0. The predicted octanol–water partition coefficient (Wildman–Crippen LogP) is -0.805. The maximum absolute atomic E-state index is 12.3. The Morgan fingerprint density at radius 2 is 1.90 bits per heavy atom. The van der Waals surface area contributed by atoms with Crippen LogP contribution in [0.4, 0.5) is 0 Å². The summed E-state index contributed by atoms with van der Waals surface area (Å²) >= 11 is 0. The van der Waals surface area contributed by atoms with Gasteiger partial charge in [-0.25, -0.2) is 19.5 Å². The van der Waals surface area contributed by atoms with Gasteiger partial charge in [-0.3, -0.25) is 4.79 Å². The van der Waals surface area contributed by atoms with Crippen LogP contribution >= 0.6 is 0 Å². The quantitative estimate of drug-likeness (QED) is 0.590. The van der Waals surface area contributed by atoms with Crippen molar-refractivity contribution in [2.45, 2.75) is 0 Å². The average Bonchev–Trinajstić information content (AvgIpc) is 2.90. The van der Waals surface area contributed by atoms with E-state index >= 15 is 0 Å². The average molecular weight is 268 g/mol. The Hall–Kier alpha value is -2.58. The number of carbonyl (C=O) groups is 1. The molecule has 0 aliphatic heterocycles. The Morgan fingerprint density at radius 1 is 1.15 bits per heavy atom. The summed E-state index contributed by atoms with van der Waals surface area (Å²) in [6.07, 6.45) is 4.26. The summed E-state index contributed by atoms with van der Waals surface area (Å²) in [5.41, 5.74) is 1.67. The van der Waals surface area contributed by atoms with Crippen molar-refractivity contribution < 1.29 is 14.8 Å². The third-order valence-electron chi connectivity index (χ3n) is 2.89. The van der Waals surface area contributed by atoms with Crippen LogP contribution in [0.15, 0.2) is 43.1 Å². The number of carbonyl (C=O) groups excluding carboxylic acids is 1. The van der Waals surface area contributed by atoms with Gasteiger partial charge in [0.15, 0.2) is 5.65 Å². The molecule has 0 aliphatic rings. The van der Waals surface area contributed by atoms with Crippen molar-refractivity contribution in [1.29, 1.82) is 0 Å². The summed E-state index contributed by atoms with van der Waals surface area (Å²) in [5, 5.41) is 18.0. The summed E-state index contributed by atoms with van der Waals surface area (Å²) in [6, 6.07) is 5.99. The molecule has 0 saturated carbocycles. The van der Waals surface area contributed by atoms with Gasteiger partial charge in [-0.1, -0.05) is 12.1 Å². The van der Waals surface area contributed by atoms with E-state index in [1.165, 1.54) is 47.7 Å². The van der Waals surface area contributed by atoms with Crippen LogP contribution in [0.25, 0.3) is 11.2 Å². The fourth-order valence-electron chi connectivity index (χ4n) is 1.85. The first-order chi connectivity index (χ1) is 9.66. The van der Waals surface area contributed by atoms with E-state index in [0.29, 0.717) is 22.2 Å². The first-order valence-electron chi connectivity index (χ1n) is 5.80. The lowest BCUT2D eigenvalue weighted by molar-refractivity contribution is 0.0964. The molecule has 0 unspecified atom stereocenters. The molecule has 8 heteroatoms. The maximum atomic E-state index is 12.3. The Labute approximate surface area is 113 Å². The maximum Gasteiger partial charge on any atom is 0.488 e. The molecular formula is C12H9BN4O3. The van der Waals surface area contributed by atoms with Crippen LogP contribution in [0.1, 0.15) is 10.4 Å². The summed E-state index contributed by atoms with van der Waals surface area (Å²) in [7, 11) is -1.55. The lowest BCUT2D eigenvalue weighted by Crippen LogP contribution is -2.29. The van der Waals surface area contributed by atoms with Crippen molar-refractivity contribution in [1.82, 2.24) is 19.5 Å². The normalized spacial score (nSPS) is 10.7. The Balaban J connectivity index is 2.00. The van der Waals surface area contributed by atoms with E-state index in [1.54, 1.807) is 0 Å². The zero-order valence-electron chi connectivity index (χ0n) is 10.2. The van der Waals surface area contributed by atoms with Crippen molar-refractivity contribution >= 4 is 29.7 Å². The first kappa shape index (κ1) is 12.5. The molecule has 1 aromatic carbocycles. The molecule has 98 valence electrons. The van der Waals surface area contributed by atoms with Gasteiger partial charge in [-0.2, -0.15) is 0 Å². The second kappa shape index (κ2) is 4.84. The molecule has 3 rings (SSSR count). The van der Waals surface area contributed by atoms with Crippen LogP contribution < -0.4 is 5.46 Å². The van der Waals surface area contributed by atoms with Gasteiger partial charge in [0, 0.05) is 5.56 Å². The summed E-state index contributed by atoms with van der Waals surface area (Å²) in [6.45, 7) is 0. The van der Waals surface area contributed by atoms with Gasteiger partial charge in [0.1, 0.15) is 18.2 Å². The number of nitrogens with zero attached hydrogens (tertiary/aromatic N) is 4. The van der Waals surface area contributed by atoms with Crippen LogP contribution in [-0.2, 0) is 0 Å². The summed E-state index contributed by atoms with van der Waals surface area (Å²) in [5.74, 6) is -0.301. The lowest BCUT2D eigenvalue weighted by atomic mass is 9.80. The van der Waals surface area contributed by atoms with Crippen LogP contribution in [0.3, 0.4) is 0 Å². The SMILES string of the molecule is O=C(c1ccc(B(O)O)cc1)n1cnc2cncnc21. The van der Waals surface area contributed by atoms with Crippen molar-refractivity contribution in [2.24, 2.45) is 0 Å². The number of hydrogen-bond acceptors (Lipinski definition) is 6. The van der Waals surface area contributed by atoms with Gasteiger partial charge in [-0.15, -0.1) is 0 Å². The van der Waals surface area contributed by atoms with Crippen molar-refractivity contribution in [3.63, 3.8) is 0 Å². The molecule has 0 radical (unpaired) electrons. The second-order valence-electron chi connectivity index (χ2n) is 4.15. The molecule has 3 aromatic rings. The molecule has 0 spiro atoms. The Bertz CT molecular complexity index is 770. The molecule has 7 nitrogen and oxygen atoms in total. The second-order valence-corrected chi connectivity index (χ2v) is 4.15. The molecule has 0 amide bonds. The van der Waals surface area contributed by atoms with E-state index < -0.39 is 7.12 Å². The van der Waals surface area contributed by atoms with Crippen LogP contribution in [0.2, 0.25) is 0 Å². The summed E-state index contributed by atoms with van der Waals surface area (Å²) in [4.78, 5) is 24.2. The van der Waals surface area contributed by atoms with Gasteiger partial charge in [0.25, 0.3) is 5.91 Å². The van der Waals surface area contributed by atoms with Gasteiger partial charge in [0.2, 0.25) is 0 Å². The van der Waals surface area contributed by atoms with Crippen LogP contribution in [0.5, 0.6) is 0 Å². The van der Waals surface area contributed by atoms with Crippen LogP contribution in [-0.4, -0.2) is 42.6 Å². The highest BCUT2D eigenvalue weighted by Crippen LogP contribution is 2.10. The highest BCUT2D eigenvalue weighted by Gasteiger charge is 2.15. The number of aromatic nitrogens is 4. The molecule has 2 heterocycles. The monoisotopic (exact) mass is 268 g/mol. The lowest BCUT2D eigenvalue weighted by Gasteiger charge is -2.04. The van der Waals surface area contributed by atoms with E-state index in [9.17, 15) is 4.79 Å². The minimum Gasteiger partial charge on any atom is -0.423 e. The smallest absolute Gasteiger partial charge is 0.423 e. The largest absolute Gasteiger partial charge is 0.488 e. The molecule has 0 aliphatic carbocycles. The Morgan fingerprint density at radius 3 is 2.60 bits per heavy atom. The molecule has 20 heavy (non-hydrogen) atoms. The van der Waals surface area contributed by atoms with E-state index in [0.717, 1.165) is 0 Å². The predicted molar refractivity (Wildman–Crippen MR) is 71.3 cm³/mol. The third-order valence-corrected chi connectivity index (χ3v) is 2.89. The van der Waals surface area contributed by atoms with Gasteiger partial charge in [0.05, 0.1) is 6.20 Å². The molecule has 0 saturated heterocycles. The fourth-order valence-corrected chi connectivity index (χ4v) is 1.85. The van der Waals surface area contributed by atoms with E-state index in [2.05, 4.69) is 15.0 Å². The van der Waals surface area contributed by atoms with Gasteiger partial charge in [-0.05, 0) is 17.6 Å². The molecular weight excluding hydrogens is 259 g/mol. The minimum absolute atomic E-state index is 0.301. The van der Waals surface area contributed by atoms with Gasteiger partial charge < -0.3 is 10.0 Å². The van der Waals surface area contributed by atoms with E-state index in [4.69, 9.17) is 10.0 Å². The highest BCUT2D eigenvalue weighted by molar-refractivity contribution is 6.58. The topological polar surface area (TPSA) is 101 Å². The number of imidazole rings is 1. The van der Waals surface area contributed by atoms with Crippen molar-refractivity contribution in [3.05, 3.63) is 48.7 Å². The third kappa shape index (κ3) is 2.06. The highest BCUT2D eigenvalue weighted by atomic mass is 16.4. The van der Waals surface area contributed by atoms with Crippen molar-refractivity contribution in [2.75, 3.05) is 0 Å². The first-order valence-corrected chi connectivity index (χ1v) is 5.80. The number of hydrogen-bond donors (Lipinski definition) is 2.